The number of ether oxygens (including phenoxy) is 3. The van der Waals surface area contributed by atoms with Crippen LogP contribution in [0.5, 0.6) is 17.2 Å². The third-order valence-electron chi connectivity index (χ3n) is 3.65. The normalized spacial score (nSPS) is 10.9. The summed E-state index contributed by atoms with van der Waals surface area (Å²) in [7, 11) is -4.13. The summed E-state index contributed by atoms with van der Waals surface area (Å²) in [5.41, 5.74) is -0.293. The van der Waals surface area contributed by atoms with Crippen molar-refractivity contribution in [2.75, 3.05) is 25.1 Å². The number of carbonyl (C=O) groups is 1. The number of carbonyl (C=O) groups excluding carboxylic acids is 1. The van der Waals surface area contributed by atoms with Crippen molar-refractivity contribution in [2.45, 2.75) is 18.7 Å². The van der Waals surface area contributed by atoms with E-state index < -0.39 is 38.0 Å². The summed E-state index contributed by atoms with van der Waals surface area (Å²) in [5, 5.41) is 18.8. The minimum Gasteiger partial charge on any atom is -0.494 e. The maximum absolute atomic E-state index is 12.3. The van der Waals surface area contributed by atoms with Crippen LogP contribution in [0.15, 0.2) is 41.3 Å². The van der Waals surface area contributed by atoms with Gasteiger partial charge in [0.1, 0.15) is 11.5 Å². The lowest BCUT2D eigenvalue weighted by Gasteiger charge is -2.14. The van der Waals surface area contributed by atoms with Gasteiger partial charge in [0.2, 0.25) is 10.0 Å². The van der Waals surface area contributed by atoms with E-state index >= 15 is 0 Å². The second-order valence-corrected chi connectivity index (χ2v) is 7.35. The van der Waals surface area contributed by atoms with Crippen molar-refractivity contribution in [1.82, 2.24) is 0 Å². The van der Waals surface area contributed by atoms with Crippen LogP contribution in [0.2, 0.25) is 0 Å². The average Bonchev–Trinajstić information content (AvgIpc) is 2.67. The number of nitrogens with zero attached hydrogens (tertiary/aromatic N) is 1. The van der Waals surface area contributed by atoms with E-state index in [-0.39, 0.29) is 5.75 Å². The molecule has 0 aromatic heterocycles. The third-order valence-corrected chi connectivity index (χ3v) is 4.56. The molecule has 0 saturated heterocycles. The molecule has 12 heteroatoms. The number of hydrogen-bond donors (Lipinski definition) is 2. The molecule has 0 spiro atoms. The smallest absolute Gasteiger partial charge is 0.312 e. The van der Waals surface area contributed by atoms with Crippen LogP contribution in [0.3, 0.4) is 0 Å². The van der Waals surface area contributed by atoms with Gasteiger partial charge in [0.15, 0.2) is 12.4 Å². The summed E-state index contributed by atoms with van der Waals surface area (Å²) in [4.78, 5) is 22.2. The maximum Gasteiger partial charge on any atom is 0.312 e. The summed E-state index contributed by atoms with van der Waals surface area (Å²) in [6.45, 7) is 3.84. The highest BCUT2D eigenvalue weighted by atomic mass is 32.2. The van der Waals surface area contributed by atoms with Crippen LogP contribution < -0.4 is 24.7 Å². The van der Waals surface area contributed by atoms with Gasteiger partial charge in [0.05, 0.1) is 28.7 Å². The fraction of sp³-hybridized carbons (Fsp3) is 0.278. The second-order valence-electron chi connectivity index (χ2n) is 5.79. The Kier molecular flexibility index (Phi) is 7.55. The molecule has 30 heavy (non-hydrogen) atoms. The van der Waals surface area contributed by atoms with Gasteiger partial charge in [-0.15, -0.1) is 0 Å². The molecule has 0 unspecified atom stereocenters. The molecule has 11 nitrogen and oxygen atoms in total. The van der Waals surface area contributed by atoms with Crippen LogP contribution >= 0.6 is 0 Å². The predicted molar refractivity (Wildman–Crippen MR) is 107 cm³/mol. The molecule has 1 amide bonds. The Morgan fingerprint density at radius 3 is 2.33 bits per heavy atom. The molecule has 0 bridgehead atoms. The summed E-state index contributed by atoms with van der Waals surface area (Å²) < 4.78 is 38.8. The lowest BCUT2D eigenvalue weighted by Crippen LogP contribution is -2.21. The van der Waals surface area contributed by atoms with E-state index in [1.807, 2.05) is 6.92 Å². The van der Waals surface area contributed by atoms with E-state index in [1.54, 1.807) is 25.1 Å². The molecular formula is C18H21N3O8S. The van der Waals surface area contributed by atoms with E-state index in [4.69, 9.17) is 19.3 Å². The van der Waals surface area contributed by atoms with Crippen molar-refractivity contribution >= 4 is 27.3 Å². The molecule has 2 aromatic carbocycles. The minimum absolute atomic E-state index is 0.282. The number of hydrogen-bond acceptors (Lipinski definition) is 8. The van der Waals surface area contributed by atoms with Gasteiger partial charge in [0, 0.05) is 12.1 Å². The first-order valence-corrected chi connectivity index (χ1v) is 10.3. The number of nitro benzene ring substituents is 1. The molecule has 2 aromatic rings. The first-order chi connectivity index (χ1) is 14.2. The quantitative estimate of drug-likeness (QED) is 0.420. The SMILES string of the molecule is CCOc1ccc(OCC)c(NC(=O)COc2ccc(S(N)(=O)=O)cc2[N+](=O)[O-])c1. The number of nitro groups is 1. The molecule has 0 atom stereocenters. The van der Waals surface area contributed by atoms with Crippen molar-refractivity contribution in [3.05, 3.63) is 46.5 Å². The Labute approximate surface area is 172 Å². The monoisotopic (exact) mass is 439 g/mol. The van der Waals surface area contributed by atoms with Gasteiger partial charge in [-0.3, -0.25) is 14.9 Å². The van der Waals surface area contributed by atoms with Gasteiger partial charge in [-0.1, -0.05) is 0 Å². The molecule has 0 aliphatic rings. The Hall–Kier alpha value is -3.38. The van der Waals surface area contributed by atoms with Gasteiger partial charge in [-0.05, 0) is 38.1 Å². The number of primary sulfonamides is 1. The fourth-order valence-corrected chi connectivity index (χ4v) is 2.95. The third kappa shape index (κ3) is 6.06. The summed E-state index contributed by atoms with van der Waals surface area (Å²) in [5.74, 6) is 0.0363. The van der Waals surface area contributed by atoms with E-state index in [0.29, 0.717) is 30.4 Å². The molecule has 3 N–H and O–H groups in total. The van der Waals surface area contributed by atoms with Crippen LogP contribution in [-0.4, -0.2) is 39.1 Å². The molecular weight excluding hydrogens is 418 g/mol. The summed E-state index contributed by atoms with van der Waals surface area (Å²) in [6.07, 6.45) is 0. The van der Waals surface area contributed by atoms with Gasteiger partial charge < -0.3 is 19.5 Å². The average molecular weight is 439 g/mol. The predicted octanol–water partition coefficient (Wildman–Crippen LogP) is 2.06. The van der Waals surface area contributed by atoms with Crippen molar-refractivity contribution in [3.63, 3.8) is 0 Å². The lowest BCUT2D eigenvalue weighted by molar-refractivity contribution is -0.386. The molecule has 0 saturated carbocycles. The first kappa shape index (κ1) is 22.9. The highest BCUT2D eigenvalue weighted by Crippen LogP contribution is 2.31. The Bertz CT molecular complexity index is 1040. The first-order valence-electron chi connectivity index (χ1n) is 8.79. The van der Waals surface area contributed by atoms with Gasteiger partial charge in [-0.2, -0.15) is 0 Å². The van der Waals surface area contributed by atoms with Crippen molar-refractivity contribution in [1.29, 1.82) is 0 Å². The van der Waals surface area contributed by atoms with Crippen LogP contribution in [-0.2, 0) is 14.8 Å². The molecule has 162 valence electrons. The number of nitrogens with one attached hydrogen (secondary N) is 1. The van der Waals surface area contributed by atoms with E-state index in [0.717, 1.165) is 18.2 Å². The maximum atomic E-state index is 12.3. The highest BCUT2D eigenvalue weighted by Gasteiger charge is 2.21. The van der Waals surface area contributed by atoms with Crippen LogP contribution in [0.1, 0.15) is 13.8 Å². The molecule has 0 fully saturated rings. The van der Waals surface area contributed by atoms with Crippen molar-refractivity contribution in [3.8, 4) is 17.2 Å². The number of amides is 1. The number of anilines is 1. The number of rotatable bonds is 10. The van der Waals surface area contributed by atoms with Crippen molar-refractivity contribution in [2.24, 2.45) is 5.14 Å². The van der Waals surface area contributed by atoms with E-state index in [2.05, 4.69) is 5.32 Å². The summed E-state index contributed by atoms with van der Waals surface area (Å²) >= 11 is 0. The lowest BCUT2D eigenvalue weighted by atomic mass is 10.2. The number of nitrogens with two attached hydrogens (primary N) is 1. The Morgan fingerprint density at radius 2 is 1.73 bits per heavy atom. The molecule has 2 rings (SSSR count). The van der Waals surface area contributed by atoms with Gasteiger partial charge in [-0.25, -0.2) is 13.6 Å². The second kappa shape index (κ2) is 9.89. The van der Waals surface area contributed by atoms with Gasteiger partial charge >= 0.3 is 5.69 Å². The molecule has 0 radical (unpaired) electrons. The van der Waals surface area contributed by atoms with Crippen molar-refractivity contribution < 1.29 is 32.3 Å². The topological polar surface area (TPSA) is 160 Å². The largest absolute Gasteiger partial charge is 0.494 e. The van der Waals surface area contributed by atoms with Crippen LogP contribution in [0.25, 0.3) is 0 Å². The minimum atomic E-state index is -4.13. The zero-order valence-corrected chi connectivity index (χ0v) is 17.1. The molecule has 0 aliphatic heterocycles. The zero-order valence-electron chi connectivity index (χ0n) is 16.3. The van der Waals surface area contributed by atoms with Crippen LogP contribution in [0.4, 0.5) is 11.4 Å². The highest BCUT2D eigenvalue weighted by molar-refractivity contribution is 7.89. The Balaban J connectivity index is 2.16. The molecule has 0 aliphatic carbocycles. The number of sulfonamides is 1. The standard InChI is InChI=1S/C18H21N3O8S/c1-3-27-12-5-7-16(28-4-2)14(9-12)20-18(22)11-29-17-8-6-13(30(19,25)26)10-15(17)21(23)24/h5-10H,3-4,11H2,1-2H3,(H,20,22)(H2,19,25,26). The van der Waals surface area contributed by atoms with Crippen LogP contribution in [0, 0.1) is 10.1 Å². The summed E-state index contributed by atoms with van der Waals surface area (Å²) in [6, 6.07) is 7.79. The molecule has 0 heterocycles. The fourth-order valence-electron chi connectivity index (χ4n) is 2.41. The zero-order chi connectivity index (χ0) is 22.3. The van der Waals surface area contributed by atoms with E-state index in [9.17, 15) is 23.3 Å². The van der Waals surface area contributed by atoms with E-state index in [1.165, 1.54) is 0 Å². The Morgan fingerprint density at radius 1 is 1.07 bits per heavy atom. The number of benzene rings is 2. The van der Waals surface area contributed by atoms with Gasteiger partial charge in [0.25, 0.3) is 5.91 Å².